The smallest absolute Gasteiger partial charge is 0.380 e. The van der Waals surface area contributed by atoms with Crippen molar-refractivity contribution in [2.45, 2.75) is 0 Å². The quantitative estimate of drug-likeness (QED) is 0.360. The van der Waals surface area contributed by atoms with Gasteiger partial charge in [-0.25, -0.2) is 19.4 Å². The lowest BCUT2D eigenvalue weighted by atomic mass is 10.1. The first-order valence-electron chi connectivity index (χ1n) is 9.84. The number of rotatable bonds is 5. The number of para-hydroxylation sites is 1. The minimum Gasteiger partial charge on any atom is -0.438 e. The van der Waals surface area contributed by atoms with Crippen LogP contribution >= 0.6 is 0 Å². The molecule has 0 atom stereocenters. The molecule has 0 saturated carbocycles. The van der Waals surface area contributed by atoms with Crippen molar-refractivity contribution >= 4 is 17.8 Å². The van der Waals surface area contributed by atoms with E-state index < -0.39 is 24.5 Å². The summed E-state index contributed by atoms with van der Waals surface area (Å²) in [4.78, 5) is 42.9. The Labute approximate surface area is 182 Å². The number of carbonyl (C=O) groups is 3. The SMILES string of the molecule is O=C(OCN1C(=O)c2ccccc2C1=O)c1nc(-c2ccccc2)n(-c2ccccc2)n1. The van der Waals surface area contributed by atoms with Gasteiger partial charge in [0, 0.05) is 5.56 Å². The van der Waals surface area contributed by atoms with Gasteiger partial charge in [-0.2, -0.15) is 0 Å². The zero-order valence-electron chi connectivity index (χ0n) is 16.7. The van der Waals surface area contributed by atoms with Gasteiger partial charge in [0.15, 0.2) is 12.6 Å². The number of esters is 1. The molecule has 2 amide bonds. The van der Waals surface area contributed by atoms with Crippen LogP contribution in [0.5, 0.6) is 0 Å². The second-order valence-electron chi connectivity index (χ2n) is 7.02. The van der Waals surface area contributed by atoms with Gasteiger partial charge in [0.1, 0.15) is 0 Å². The summed E-state index contributed by atoms with van der Waals surface area (Å²) in [5, 5.41) is 4.32. The second-order valence-corrected chi connectivity index (χ2v) is 7.02. The molecule has 0 saturated heterocycles. The Morgan fingerprint density at radius 2 is 1.34 bits per heavy atom. The fourth-order valence-corrected chi connectivity index (χ4v) is 3.47. The van der Waals surface area contributed by atoms with Crippen LogP contribution in [0.2, 0.25) is 0 Å². The molecule has 0 aliphatic carbocycles. The lowest BCUT2D eigenvalue weighted by Gasteiger charge is -2.12. The summed E-state index contributed by atoms with van der Waals surface area (Å²) >= 11 is 0. The highest BCUT2D eigenvalue weighted by Gasteiger charge is 2.36. The minimum atomic E-state index is -0.839. The van der Waals surface area contributed by atoms with E-state index in [0.717, 1.165) is 16.2 Å². The highest BCUT2D eigenvalue weighted by molar-refractivity contribution is 6.21. The number of nitrogens with zero attached hydrogens (tertiary/aromatic N) is 4. The molecule has 1 aliphatic heterocycles. The van der Waals surface area contributed by atoms with E-state index in [-0.39, 0.29) is 17.0 Å². The molecule has 156 valence electrons. The van der Waals surface area contributed by atoms with Crippen molar-refractivity contribution in [3.05, 3.63) is 102 Å². The van der Waals surface area contributed by atoms with E-state index in [1.165, 1.54) is 0 Å². The van der Waals surface area contributed by atoms with Gasteiger partial charge in [-0.15, -0.1) is 5.10 Å². The summed E-state index contributed by atoms with van der Waals surface area (Å²) in [6.07, 6.45) is 0. The predicted molar refractivity (Wildman–Crippen MR) is 114 cm³/mol. The van der Waals surface area contributed by atoms with Gasteiger partial charge in [0.05, 0.1) is 16.8 Å². The van der Waals surface area contributed by atoms with Gasteiger partial charge in [-0.3, -0.25) is 9.59 Å². The number of carbonyl (C=O) groups excluding carboxylic acids is 3. The number of imide groups is 1. The van der Waals surface area contributed by atoms with Crippen LogP contribution in [0.3, 0.4) is 0 Å². The predicted octanol–water partition coefficient (Wildman–Crippen LogP) is 3.34. The first kappa shape index (κ1) is 19.4. The lowest BCUT2D eigenvalue weighted by Crippen LogP contribution is -2.33. The van der Waals surface area contributed by atoms with Gasteiger partial charge < -0.3 is 4.74 Å². The summed E-state index contributed by atoms with van der Waals surface area (Å²) in [5.41, 5.74) is 2.05. The molecule has 8 heteroatoms. The van der Waals surface area contributed by atoms with E-state index in [9.17, 15) is 14.4 Å². The Morgan fingerprint density at radius 3 is 1.97 bits per heavy atom. The highest BCUT2D eigenvalue weighted by Crippen LogP contribution is 2.23. The molecule has 8 nitrogen and oxygen atoms in total. The number of hydrogen-bond donors (Lipinski definition) is 0. The van der Waals surface area contributed by atoms with E-state index >= 15 is 0 Å². The van der Waals surface area contributed by atoms with Crippen molar-refractivity contribution < 1.29 is 19.1 Å². The molecule has 32 heavy (non-hydrogen) atoms. The van der Waals surface area contributed by atoms with Crippen LogP contribution in [0.15, 0.2) is 84.9 Å². The van der Waals surface area contributed by atoms with Crippen LogP contribution in [0.4, 0.5) is 0 Å². The molecule has 0 unspecified atom stereocenters. The monoisotopic (exact) mass is 424 g/mol. The molecule has 0 bridgehead atoms. The normalized spacial score (nSPS) is 12.7. The fraction of sp³-hybridized carbons (Fsp3) is 0.0417. The Balaban J connectivity index is 1.41. The van der Waals surface area contributed by atoms with Gasteiger partial charge in [0.25, 0.3) is 17.6 Å². The molecule has 1 aromatic heterocycles. The average Bonchev–Trinajstić information content (AvgIpc) is 3.39. The van der Waals surface area contributed by atoms with Crippen LogP contribution in [-0.4, -0.2) is 44.2 Å². The van der Waals surface area contributed by atoms with Crippen molar-refractivity contribution in [3.8, 4) is 17.1 Å². The fourth-order valence-electron chi connectivity index (χ4n) is 3.47. The molecular weight excluding hydrogens is 408 g/mol. The first-order chi connectivity index (χ1) is 15.6. The molecule has 0 fully saturated rings. The number of fused-ring (bicyclic) bond motifs is 1. The Morgan fingerprint density at radius 1 is 0.781 bits per heavy atom. The molecule has 4 aromatic rings. The van der Waals surface area contributed by atoms with Crippen LogP contribution in [0.1, 0.15) is 31.3 Å². The summed E-state index contributed by atoms with van der Waals surface area (Å²) in [7, 11) is 0. The molecule has 5 rings (SSSR count). The second kappa shape index (κ2) is 7.92. The Bertz CT molecular complexity index is 1240. The van der Waals surface area contributed by atoms with E-state index in [0.29, 0.717) is 5.82 Å². The summed E-state index contributed by atoms with van der Waals surface area (Å²) in [5.74, 6) is -1.57. The summed E-state index contributed by atoms with van der Waals surface area (Å²) in [6.45, 7) is -0.522. The van der Waals surface area contributed by atoms with Crippen molar-refractivity contribution in [2.75, 3.05) is 6.73 Å². The third-order valence-electron chi connectivity index (χ3n) is 5.03. The number of benzene rings is 3. The van der Waals surface area contributed by atoms with E-state index in [4.69, 9.17) is 4.74 Å². The van der Waals surface area contributed by atoms with Gasteiger partial charge in [-0.05, 0) is 24.3 Å². The zero-order valence-corrected chi connectivity index (χ0v) is 16.7. The zero-order chi connectivity index (χ0) is 22.1. The van der Waals surface area contributed by atoms with Crippen LogP contribution in [-0.2, 0) is 4.74 Å². The lowest BCUT2D eigenvalue weighted by molar-refractivity contribution is 0.0218. The van der Waals surface area contributed by atoms with Crippen molar-refractivity contribution in [2.24, 2.45) is 0 Å². The Kier molecular flexibility index (Phi) is 4.79. The molecule has 0 N–H and O–H groups in total. The third kappa shape index (κ3) is 3.33. The molecule has 0 spiro atoms. The molecule has 3 aromatic carbocycles. The largest absolute Gasteiger partial charge is 0.438 e. The summed E-state index contributed by atoms with van der Waals surface area (Å²) in [6, 6.07) is 25.1. The maximum atomic E-state index is 12.7. The molecular formula is C24H16N4O4. The number of amides is 2. The minimum absolute atomic E-state index is 0.177. The first-order valence-corrected chi connectivity index (χ1v) is 9.84. The highest BCUT2D eigenvalue weighted by atomic mass is 16.5. The average molecular weight is 424 g/mol. The van der Waals surface area contributed by atoms with Crippen LogP contribution in [0, 0.1) is 0 Å². The maximum absolute atomic E-state index is 12.7. The number of aromatic nitrogens is 3. The standard InChI is InChI=1S/C24H16N4O4/c29-22-18-13-7-8-14-19(18)23(30)27(22)15-32-24(31)20-25-21(16-9-3-1-4-10-16)28(26-20)17-11-5-2-6-12-17/h1-14H,15H2. The molecule has 0 radical (unpaired) electrons. The third-order valence-corrected chi connectivity index (χ3v) is 5.03. The van der Waals surface area contributed by atoms with Crippen LogP contribution < -0.4 is 0 Å². The number of ether oxygens (including phenoxy) is 1. The van der Waals surface area contributed by atoms with Gasteiger partial charge in [-0.1, -0.05) is 60.7 Å². The van der Waals surface area contributed by atoms with Crippen molar-refractivity contribution in [1.29, 1.82) is 0 Å². The van der Waals surface area contributed by atoms with Gasteiger partial charge in [0.2, 0.25) is 0 Å². The Hall–Kier alpha value is -4.59. The van der Waals surface area contributed by atoms with E-state index in [1.807, 2.05) is 60.7 Å². The van der Waals surface area contributed by atoms with Crippen LogP contribution in [0.25, 0.3) is 17.1 Å². The van der Waals surface area contributed by atoms with E-state index in [2.05, 4.69) is 10.1 Å². The summed E-state index contributed by atoms with van der Waals surface area (Å²) < 4.78 is 6.78. The van der Waals surface area contributed by atoms with E-state index in [1.54, 1.807) is 28.9 Å². The molecule has 1 aliphatic rings. The topological polar surface area (TPSA) is 94.4 Å². The van der Waals surface area contributed by atoms with Crippen molar-refractivity contribution in [3.63, 3.8) is 0 Å². The maximum Gasteiger partial charge on any atom is 0.380 e. The molecule has 2 heterocycles. The number of hydrogen-bond acceptors (Lipinski definition) is 6. The van der Waals surface area contributed by atoms with Crippen molar-refractivity contribution in [1.82, 2.24) is 19.7 Å². The van der Waals surface area contributed by atoms with Gasteiger partial charge >= 0.3 is 5.97 Å².